The van der Waals surface area contributed by atoms with Crippen molar-refractivity contribution in [1.29, 1.82) is 0 Å². The van der Waals surface area contributed by atoms with Crippen LogP contribution in [-0.2, 0) is 19.5 Å². The Morgan fingerprint density at radius 3 is 3.00 bits per heavy atom. The molecule has 0 atom stereocenters. The number of aromatic nitrogens is 4. The highest BCUT2D eigenvalue weighted by molar-refractivity contribution is 5.15. The molecule has 0 radical (unpaired) electrons. The summed E-state index contributed by atoms with van der Waals surface area (Å²) >= 11 is 0. The van der Waals surface area contributed by atoms with Gasteiger partial charge in [0.15, 0.2) is 0 Å². The summed E-state index contributed by atoms with van der Waals surface area (Å²) < 4.78 is 1.88. The van der Waals surface area contributed by atoms with Crippen LogP contribution in [0.1, 0.15) is 22.8 Å². The number of aromatic amines is 1. The van der Waals surface area contributed by atoms with Crippen LogP contribution < -0.4 is 10.9 Å². The Balaban J connectivity index is 1.84. The lowest BCUT2D eigenvalue weighted by atomic mass is 10.2. The van der Waals surface area contributed by atoms with Crippen molar-refractivity contribution in [3.63, 3.8) is 0 Å². The van der Waals surface area contributed by atoms with Crippen LogP contribution in [0.2, 0.25) is 0 Å². The molecule has 2 heterocycles. The van der Waals surface area contributed by atoms with Crippen molar-refractivity contribution >= 4 is 0 Å². The van der Waals surface area contributed by atoms with Gasteiger partial charge in [-0.25, -0.2) is 4.98 Å². The second-order valence-corrected chi connectivity index (χ2v) is 5.00. The third kappa shape index (κ3) is 4.39. The number of aryl methyl sites for hydroxylation is 2. The van der Waals surface area contributed by atoms with E-state index in [2.05, 4.69) is 27.0 Å². The van der Waals surface area contributed by atoms with Gasteiger partial charge in [0.25, 0.3) is 5.56 Å². The molecule has 0 fully saturated rings. The fraction of sp³-hybridized carbons (Fsp3) is 0.400. The van der Waals surface area contributed by atoms with Crippen LogP contribution >= 0.6 is 0 Å². The Bertz CT molecular complexity index is 671. The standard InChI is InChI=1S/C15H21N5O/c1-4-7-20-10-13(11(2)19-20)9-16-6-5-14-8-15(21)18-12(3)17-14/h4,8,10,16H,1,5-7,9H2,2-3H3,(H,17,18,21). The number of hydrogen-bond acceptors (Lipinski definition) is 4. The highest BCUT2D eigenvalue weighted by Gasteiger charge is 2.04. The summed E-state index contributed by atoms with van der Waals surface area (Å²) in [6.07, 6.45) is 4.58. The van der Waals surface area contributed by atoms with Gasteiger partial charge in [-0.1, -0.05) is 6.08 Å². The van der Waals surface area contributed by atoms with Crippen LogP contribution in [-0.4, -0.2) is 26.3 Å². The van der Waals surface area contributed by atoms with Gasteiger partial charge in [0, 0.05) is 43.0 Å². The zero-order chi connectivity index (χ0) is 15.2. The van der Waals surface area contributed by atoms with E-state index in [-0.39, 0.29) is 5.56 Å². The number of hydrogen-bond donors (Lipinski definition) is 2. The molecule has 0 bridgehead atoms. The smallest absolute Gasteiger partial charge is 0.251 e. The molecular formula is C15H21N5O. The maximum Gasteiger partial charge on any atom is 0.251 e. The monoisotopic (exact) mass is 287 g/mol. The molecule has 0 amide bonds. The molecule has 0 unspecified atom stereocenters. The van der Waals surface area contributed by atoms with Crippen molar-refractivity contribution in [3.05, 3.63) is 58.0 Å². The number of nitrogens with zero attached hydrogens (tertiary/aromatic N) is 3. The molecule has 0 aromatic carbocycles. The van der Waals surface area contributed by atoms with Gasteiger partial charge in [-0.2, -0.15) is 5.10 Å². The molecule has 0 aliphatic rings. The Hall–Kier alpha value is -2.21. The zero-order valence-electron chi connectivity index (χ0n) is 12.5. The van der Waals surface area contributed by atoms with Gasteiger partial charge >= 0.3 is 0 Å². The molecule has 2 aromatic rings. The lowest BCUT2D eigenvalue weighted by molar-refractivity contribution is 0.672. The molecule has 0 aliphatic carbocycles. The quantitative estimate of drug-likeness (QED) is 0.590. The van der Waals surface area contributed by atoms with Crippen LogP contribution in [0.5, 0.6) is 0 Å². The maximum atomic E-state index is 11.3. The minimum absolute atomic E-state index is 0.0981. The molecule has 0 saturated heterocycles. The molecule has 0 aliphatic heterocycles. The molecule has 21 heavy (non-hydrogen) atoms. The summed E-state index contributed by atoms with van der Waals surface area (Å²) in [5.41, 5.74) is 2.91. The first-order valence-electron chi connectivity index (χ1n) is 7.00. The minimum atomic E-state index is -0.0981. The van der Waals surface area contributed by atoms with Crippen LogP contribution in [0.3, 0.4) is 0 Å². The second kappa shape index (κ2) is 6.99. The molecule has 2 N–H and O–H groups in total. The lowest BCUT2D eigenvalue weighted by Crippen LogP contribution is -2.19. The zero-order valence-corrected chi connectivity index (χ0v) is 12.5. The van der Waals surface area contributed by atoms with Gasteiger partial charge < -0.3 is 10.3 Å². The molecule has 2 aromatic heterocycles. The molecule has 6 heteroatoms. The van der Waals surface area contributed by atoms with Crippen LogP contribution in [0.25, 0.3) is 0 Å². The highest BCUT2D eigenvalue weighted by Crippen LogP contribution is 2.05. The van der Waals surface area contributed by atoms with E-state index in [1.54, 1.807) is 13.0 Å². The van der Waals surface area contributed by atoms with E-state index in [0.717, 1.165) is 37.4 Å². The molecule has 112 valence electrons. The van der Waals surface area contributed by atoms with E-state index in [1.165, 1.54) is 5.56 Å². The largest absolute Gasteiger partial charge is 0.312 e. The van der Waals surface area contributed by atoms with Crippen molar-refractivity contribution in [1.82, 2.24) is 25.1 Å². The second-order valence-electron chi connectivity index (χ2n) is 5.00. The summed E-state index contributed by atoms with van der Waals surface area (Å²) in [6, 6.07) is 1.54. The van der Waals surface area contributed by atoms with E-state index in [1.807, 2.05) is 23.9 Å². The summed E-state index contributed by atoms with van der Waals surface area (Å²) in [7, 11) is 0. The van der Waals surface area contributed by atoms with Gasteiger partial charge in [0.2, 0.25) is 0 Å². The van der Waals surface area contributed by atoms with E-state index in [9.17, 15) is 4.79 Å². The van der Waals surface area contributed by atoms with Crippen molar-refractivity contribution in [2.45, 2.75) is 33.4 Å². The van der Waals surface area contributed by atoms with Crippen LogP contribution in [0.15, 0.2) is 29.7 Å². The van der Waals surface area contributed by atoms with Crippen molar-refractivity contribution < 1.29 is 0 Å². The Kier molecular flexibility index (Phi) is 5.05. The highest BCUT2D eigenvalue weighted by atomic mass is 16.1. The first-order valence-corrected chi connectivity index (χ1v) is 7.00. The van der Waals surface area contributed by atoms with Crippen molar-refractivity contribution in [3.8, 4) is 0 Å². The normalized spacial score (nSPS) is 10.8. The van der Waals surface area contributed by atoms with E-state index < -0.39 is 0 Å². The average Bonchev–Trinajstić information content (AvgIpc) is 2.74. The maximum absolute atomic E-state index is 11.3. The predicted octanol–water partition coefficient (Wildman–Crippen LogP) is 1.10. The lowest BCUT2D eigenvalue weighted by Gasteiger charge is -2.04. The Morgan fingerprint density at radius 1 is 1.48 bits per heavy atom. The first-order chi connectivity index (χ1) is 10.1. The summed E-state index contributed by atoms with van der Waals surface area (Å²) in [5, 5.41) is 7.76. The molecule has 2 rings (SSSR count). The molecular weight excluding hydrogens is 266 g/mol. The van der Waals surface area contributed by atoms with Gasteiger partial charge in [-0.05, 0) is 13.8 Å². The van der Waals surface area contributed by atoms with Gasteiger partial charge in [0.05, 0.1) is 12.2 Å². The molecule has 0 spiro atoms. The average molecular weight is 287 g/mol. The van der Waals surface area contributed by atoms with E-state index in [4.69, 9.17) is 0 Å². The summed E-state index contributed by atoms with van der Waals surface area (Å²) in [4.78, 5) is 18.3. The third-order valence-corrected chi connectivity index (χ3v) is 3.15. The number of allylic oxidation sites excluding steroid dienone is 1. The Labute approximate surface area is 123 Å². The SMILES string of the molecule is C=CCn1cc(CNCCc2cc(=O)[nH]c(C)n2)c(C)n1. The van der Waals surface area contributed by atoms with E-state index >= 15 is 0 Å². The number of rotatable bonds is 7. The summed E-state index contributed by atoms with van der Waals surface area (Å²) in [5.74, 6) is 0.652. The first kappa shape index (κ1) is 15.2. The molecule has 0 saturated carbocycles. The predicted molar refractivity (Wildman–Crippen MR) is 82.2 cm³/mol. The fourth-order valence-electron chi connectivity index (χ4n) is 2.17. The van der Waals surface area contributed by atoms with Crippen LogP contribution in [0, 0.1) is 13.8 Å². The number of nitrogens with one attached hydrogen (secondary N) is 2. The van der Waals surface area contributed by atoms with Gasteiger partial charge in [-0.15, -0.1) is 6.58 Å². The van der Waals surface area contributed by atoms with Gasteiger partial charge in [-0.3, -0.25) is 9.48 Å². The molecule has 6 nitrogen and oxygen atoms in total. The van der Waals surface area contributed by atoms with Crippen molar-refractivity contribution in [2.24, 2.45) is 0 Å². The topological polar surface area (TPSA) is 75.6 Å². The fourth-order valence-corrected chi connectivity index (χ4v) is 2.17. The number of H-pyrrole nitrogens is 1. The van der Waals surface area contributed by atoms with Crippen LogP contribution in [0.4, 0.5) is 0 Å². The van der Waals surface area contributed by atoms with E-state index in [0.29, 0.717) is 5.82 Å². The Morgan fingerprint density at radius 2 is 2.29 bits per heavy atom. The minimum Gasteiger partial charge on any atom is -0.312 e. The third-order valence-electron chi connectivity index (χ3n) is 3.15. The van der Waals surface area contributed by atoms with Gasteiger partial charge in [0.1, 0.15) is 5.82 Å². The summed E-state index contributed by atoms with van der Waals surface area (Å²) in [6.45, 7) is 9.73. The van der Waals surface area contributed by atoms with Crippen molar-refractivity contribution in [2.75, 3.05) is 6.54 Å².